The summed E-state index contributed by atoms with van der Waals surface area (Å²) in [7, 11) is 0. The maximum absolute atomic E-state index is 13.2. The van der Waals surface area contributed by atoms with Crippen molar-refractivity contribution in [1.29, 1.82) is 0 Å². The van der Waals surface area contributed by atoms with Crippen LogP contribution in [0, 0.1) is 42.4 Å². The van der Waals surface area contributed by atoms with E-state index in [9.17, 15) is 14.4 Å². The molecular formula is C26H23NO4. The molecule has 1 aliphatic heterocycles. The van der Waals surface area contributed by atoms with Crippen LogP contribution in [0.2, 0.25) is 0 Å². The number of benzene rings is 2. The molecule has 0 aromatic heterocycles. The third kappa shape index (κ3) is 2.79. The van der Waals surface area contributed by atoms with Gasteiger partial charge in [0.05, 0.1) is 17.5 Å². The summed E-state index contributed by atoms with van der Waals surface area (Å²) in [5, 5.41) is 0. The van der Waals surface area contributed by atoms with Crippen LogP contribution in [0.4, 0.5) is 5.69 Å². The summed E-state index contributed by atoms with van der Waals surface area (Å²) in [4.78, 5) is 40.0. The Morgan fingerprint density at radius 2 is 1.48 bits per heavy atom. The molecule has 1 heterocycles. The fourth-order valence-corrected chi connectivity index (χ4v) is 5.87. The number of hydrogen-bond donors (Lipinski definition) is 0. The van der Waals surface area contributed by atoms with Crippen LogP contribution in [-0.2, 0) is 9.59 Å². The van der Waals surface area contributed by atoms with E-state index in [0.717, 1.165) is 12.0 Å². The Kier molecular flexibility index (Phi) is 3.98. The molecule has 2 amide bonds. The van der Waals surface area contributed by atoms with Crippen molar-refractivity contribution in [2.45, 2.75) is 13.3 Å². The van der Waals surface area contributed by atoms with Gasteiger partial charge < -0.3 is 4.74 Å². The molecule has 0 N–H and O–H groups in total. The highest BCUT2D eigenvalue weighted by Crippen LogP contribution is 2.65. The van der Waals surface area contributed by atoms with E-state index in [1.807, 2.05) is 19.1 Å². The molecule has 2 saturated carbocycles. The molecule has 0 radical (unpaired) electrons. The molecule has 4 aliphatic carbocycles. The monoisotopic (exact) mass is 413 g/mol. The molecule has 5 aliphatic rings. The zero-order chi connectivity index (χ0) is 21.3. The first kappa shape index (κ1) is 18.6. The lowest BCUT2D eigenvalue weighted by Crippen LogP contribution is -2.40. The summed E-state index contributed by atoms with van der Waals surface area (Å²) < 4.78 is 5.63. The first-order valence-electron chi connectivity index (χ1n) is 10.9. The van der Waals surface area contributed by atoms with E-state index in [0.29, 0.717) is 28.8 Å². The molecule has 0 spiro atoms. The van der Waals surface area contributed by atoms with Crippen molar-refractivity contribution in [3.8, 4) is 5.75 Å². The van der Waals surface area contributed by atoms with Gasteiger partial charge in [-0.05, 0) is 61.3 Å². The van der Waals surface area contributed by atoms with Gasteiger partial charge in [-0.1, -0.05) is 42.0 Å². The van der Waals surface area contributed by atoms with Crippen molar-refractivity contribution in [2.24, 2.45) is 35.5 Å². The van der Waals surface area contributed by atoms with Gasteiger partial charge in [-0.25, -0.2) is 0 Å². The second-order valence-electron chi connectivity index (χ2n) is 9.24. The maximum Gasteiger partial charge on any atom is 0.238 e. The Labute approximate surface area is 180 Å². The fraction of sp³-hybridized carbons (Fsp3) is 0.346. The van der Waals surface area contributed by atoms with Gasteiger partial charge in [0, 0.05) is 5.56 Å². The number of nitrogens with zero attached hydrogens (tertiary/aromatic N) is 1. The second kappa shape index (κ2) is 6.64. The molecule has 7 rings (SSSR count). The highest BCUT2D eigenvalue weighted by atomic mass is 16.5. The number of rotatable bonds is 5. The van der Waals surface area contributed by atoms with Crippen molar-refractivity contribution in [2.75, 3.05) is 11.5 Å². The first-order chi connectivity index (χ1) is 15.0. The highest BCUT2D eigenvalue weighted by Gasteiger charge is 2.67. The molecule has 5 heteroatoms. The number of Topliss-reactive ketones (excluding diaryl/α,β-unsaturated/α-hetero) is 1. The van der Waals surface area contributed by atoms with E-state index in [4.69, 9.17) is 4.74 Å². The number of aryl methyl sites for hydroxylation is 1. The quantitative estimate of drug-likeness (QED) is 0.425. The summed E-state index contributed by atoms with van der Waals surface area (Å²) in [5.41, 5.74) is 2.29. The van der Waals surface area contributed by atoms with Gasteiger partial charge in [0.1, 0.15) is 5.75 Å². The van der Waals surface area contributed by atoms with Gasteiger partial charge >= 0.3 is 0 Å². The molecule has 156 valence electrons. The Bertz CT molecular complexity index is 1080. The lowest BCUT2D eigenvalue weighted by Gasteiger charge is -2.37. The highest BCUT2D eigenvalue weighted by molar-refractivity contribution is 6.22. The summed E-state index contributed by atoms with van der Waals surface area (Å²) in [5.74, 6) is 1.52. The van der Waals surface area contributed by atoms with E-state index in [1.165, 1.54) is 4.90 Å². The number of hydrogen-bond acceptors (Lipinski definition) is 4. The zero-order valence-electron chi connectivity index (χ0n) is 17.2. The molecule has 2 aromatic rings. The average Bonchev–Trinajstić information content (AvgIpc) is 3.56. The molecule has 1 saturated heterocycles. The van der Waals surface area contributed by atoms with Crippen LogP contribution in [0.1, 0.15) is 22.3 Å². The van der Waals surface area contributed by atoms with Crippen molar-refractivity contribution in [1.82, 2.24) is 0 Å². The number of ether oxygens (including phenoxy) is 1. The summed E-state index contributed by atoms with van der Waals surface area (Å²) in [6.45, 7) is 1.91. The first-order valence-corrected chi connectivity index (χ1v) is 10.9. The molecule has 3 fully saturated rings. The molecule has 2 bridgehead atoms. The third-order valence-electron chi connectivity index (χ3n) is 7.50. The molecule has 31 heavy (non-hydrogen) atoms. The van der Waals surface area contributed by atoms with Gasteiger partial charge in [0.15, 0.2) is 12.4 Å². The zero-order valence-corrected chi connectivity index (χ0v) is 17.2. The van der Waals surface area contributed by atoms with Gasteiger partial charge in [-0.2, -0.15) is 0 Å². The number of anilines is 1. The van der Waals surface area contributed by atoms with Crippen LogP contribution in [0.3, 0.4) is 0 Å². The van der Waals surface area contributed by atoms with Crippen molar-refractivity contribution in [3.05, 3.63) is 71.8 Å². The Hall–Kier alpha value is -3.21. The number of carbonyl (C=O) groups is 3. The maximum atomic E-state index is 13.2. The lowest BCUT2D eigenvalue weighted by molar-refractivity contribution is -0.124. The van der Waals surface area contributed by atoms with Crippen molar-refractivity contribution >= 4 is 23.3 Å². The Morgan fingerprint density at radius 1 is 0.903 bits per heavy atom. The topological polar surface area (TPSA) is 63.7 Å². The van der Waals surface area contributed by atoms with Crippen LogP contribution in [0.5, 0.6) is 5.75 Å². The molecule has 6 atom stereocenters. The largest absolute Gasteiger partial charge is 0.485 e. The van der Waals surface area contributed by atoms with E-state index >= 15 is 0 Å². The van der Waals surface area contributed by atoms with Crippen LogP contribution < -0.4 is 9.64 Å². The van der Waals surface area contributed by atoms with Gasteiger partial charge in [-0.3, -0.25) is 19.3 Å². The minimum absolute atomic E-state index is 0.0636. The van der Waals surface area contributed by atoms with Crippen molar-refractivity contribution < 1.29 is 19.1 Å². The van der Waals surface area contributed by atoms with E-state index in [1.54, 1.807) is 36.4 Å². The fourth-order valence-electron chi connectivity index (χ4n) is 5.87. The van der Waals surface area contributed by atoms with Crippen LogP contribution in [-0.4, -0.2) is 24.2 Å². The standard InChI is InChI=1S/C26H23NO4/c1-14-2-4-15(5-3-14)22(28)13-31-17-8-6-16(7-9-17)27-25(29)23-18-10-11-19(21-12-20(18)21)24(23)26(27)30/h2-11,18-21,23-24H,12-13H2,1H3/t18-,19+,20?,21?,23-,24+. The van der Waals surface area contributed by atoms with Crippen LogP contribution in [0.15, 0.2) is 60.7 Å². The van der Waals surface area contributed by atoms with E-state index in [-0.39, 0.29) is 47.9 Å². The predicted octanol–water partition coefficient (Wildman–Crippen LogP) is 3.81. The normalized spacial score (nSPS) is 32.1. The van der Waals surface area contributed by atoms with Crippen LogP contribution >= 0.6 is 0 Å². The number of allylic oxidation sites excluding steroid dienone is 2. The second-order valence-corrected chi connectivity index (χ2v) is 9.24. The lowest BCUT2D eigenvalue weighted by atomic mass is 9.63. The van der Waals surface area contributed by atoms with Crippen LogP contribution in [0.25, 0.3) is 0 Å². The molecule has 2 unspecified atom stereocenters. The summed E-state index contributed by atoms with van der Waals surface area (Å²) in [6, 6.07) is 14.3. The van der Waals surface area contributed by atoms with Gasteiger partial charge in [0.2, 0.25) is 11.8 Å². The Balaban J connectivity index is 1.16. The molecule has 5 nitrogen and oxygen atoms in total. The number of ketones is 1. The number of amides is 2. The molecule has 2 aromatic carbocycles. The Morgan fingerprint density at radius 3 is 2.06 bits per heavy atom. The average molecular weight is 413 g/mol. The number of carbonyl (C=O) groups excluding carboxylic acids is 3. The minimum Gasteiger partial charge on any atom is -0.485 e. The van der Waals surface area contributed by atoms with Crippen molar-refractivity contribution in [3.63, 3.8) is 0 Å². The molecular weight excluding hydrogens is 390 g/mol. The van der Waals surface area contributed by atoms with E-state index < -0.39 is 0 Å². The SMILES string of the molecule is Cc1ccc(C(=O)COc2ccc(N3C(=O)[C@@H]4[C@H](C3=O)[C@@H]3C=C[C@H]4C4CC43)cc2)cc1. The minimum atomic E-state index is -0.200. The number of imide groups is 1. The summed E-state index contributed by atoms with van der Waals surface area (Å²) >= 11 is 0. The van der Waals surface area contributed by atoms with Gasteiger partial charge in [-0.15, -0.1) is 0 Å². The predicted molar refractivity (Wildman–Crippen MR) is 115 cm³/mol. The third-order valence-corrected chi connectivity index (χ3v) is 7.50. The van der Waals surface area contributed by atoms with E-state index in [2.05, 4.69) is 12.2 Å². The van der Waals surface area contributed by atoms with Gasteiger partial charge in [0.25, 0.3) is 0 Å². The summed E-state index contributed by atoms with van der Waals surface area (Å²) in [6.07, 6.45) is 5.51. The smallest absolute Gasteiger partial charge is 0.238 e.